The van der Waals surface area contributed by atoms with Crippen LogP contribution in [0.4, 0.5) is 21.5 Å². The molecule has 2 aromatic rings. The number of hydrogen-bond acceptors (Lipinski definition) is 4. The van der Waals surface area contributed by atoms with Crippen molar-refractivity contribution in [1.82, 2.24) is 0 Å². The van der Waals surface area contributed by atoms with E-state index in [1.54, 1.807) is 24.3 Å². The van der Waals surface area contributed by atoms with Gasteiger partial charge in [-0.15, -0.1) is 0 Å². The van der Waals surface area contributed by atoms with E-state index in [0.717, 1.165) is 12.1 Å². The van der Waals surface area contributed by atoms with E-state index < -0.39 is 22.2 Å². The zero-order chi connectivity index (χ0) is 15.6. The summed E-state index contributed by atoms with van der Waals surface area (Å²) in [5.41, 5.74) is 5.58. The Morgan fingerprint density at radius 3 is 2.62 bits per heavy atom. The molecule has 1 amide bonds. The van der Waals surface area contributed by atoms with Crippen LogP contribution in [0.25, 0.3) is 0 Å². The first-order valence-corrected chi connectivity index (χ1v) is 6.00. The molecule has 6 nitrogen and oxygen atoms in total. The zero-order valence-corrected chi connectivity index (χ0v) is 11.1. The third kappa shape index (κ3) is 2.97. The van der Waals surface area contributed by atoms with Crippen LogP contribution in [0.1, 0.15) is 15.9 Å². The summed E-state index contributed by atoms with van der Waals surface area (Å²) in [4.78, 5) is 22.2. The van der Waals surface area contributed by atoms with Crippen LogP contribution >= 0.6 is 0 Å². The Labute approximate surface area is 119 Å². The average molecular weight is 289 g/mol. The number of non-ortho nitro benzene ring substituents is 1. The molecule has 0 saturated carbocycles. The first kappa shape index (κ1) is 14.4. The third-order valence-electron chi connectivity index (χ3n) is 2.90. The van der Waals surface area contributed by atoms with Crippen molar-refractivity contribution in [1.29, 1.82) is 0 Å². The van der Waals surface area contributed by atoms with Crippen LogP contribution in [0, 0.1) is 22.9 Å². The Balaban J connectivity index is 2.39. The molecule has 0 aliphatic rings. The smallest absolute Gasteiger partial charge is 0.270 e. The van der Waals surface area contributed by atoms with E-state index in [4.69, 9.17) is 5.73 Å². The van der Waals surface area contributed by atoms with E-state index in [1.165, 1.54) is 6.92 Å². The van der Waals surface area contributed by atoms with Gasteiger partial charge in [-0.1, -0.05) is 12.1 Å². The summed E-state index contributed by atoms with van der Waals surface area (Å²) < 4.78 is 14.0. The molecule has 0 aliphatic heterocycles. The number of hydrogen-bond donors (Lipinski definition) is 2. The summed E-state index contributed by atoms with van der Waals surface area (Å²) in [5.74, 6) is -1.59. The number of benzene rings is 2. The van der Waals surface area contributed by atoms with Gasteiger partial charge in [-0.3, -0.25) is 14.9 Å². The van der Waals surface area contributed by atoms with Crippen molar-refractivity contribution < 1.29 is 14.1 Å². The van der Waals surface area contributed by atoms with E-state index in [0.29, 0.717) is 11.4 Å². The molecule has 21 heavy (non-hydrogen) atoms. The maximum absolute atomic E-state index is 14.0. The molecule has 2 aromatic carbocycles. The maximum atomic E-state index is 14.0. The first-order valence-electron chi connectivity index (χ1n) is 6.00. The first-order chi connectivity index (χ1) is 9.90. The number of aryl methyl sites for hydroxylation is 1. The maximum Gasteiger partial charge on any atom is 0.270 e. The van der Waals surface area contributed by atoms with Crippen molar-refractivity contribution >= 4 is 23.0 Å². The number of nitrogens with zero attached hydrogens (tertiary/aromatic N) is 1. The Bertz CT molecular complexity index is 731. The summed E-state index contributed by atoms with van der Waals surface area (Å²) in [6.45, 7) is 1.36. The van der Waals surface area contributed by atoms with Crippen molar-refractivity contribution in [3.05, 3.63) is 63.5 Å². The quantitative estimate of drug-likeness (QED) is 0.515. The number of carbonyl (C=O) groups excluding carboxylic acids is 1. The SMILES string of the molecule is Cc1cc([N+](=O)[O-])cc(C(=O)Nc2ccccc2N)c1F. The van der Waals surface area contributed by atoms with Gasteiger partial charge in [-0.05, 0) is 24.6 Å². The lowest BCUT2D eigenvalue weighted by Gasteiger charge is -2.09. The molecule has 0 saturated heterocycles. The van der Waals surface area contributed by atoms with Crippen LogP contribution in [-0.2, 0) is 0 Å². The van der Waals surface area contributed by atoms with E-state index in [1.807, 2.05) is 0 Å². The minimum Gasteiger partial charge on any atom is -0.397 e. The van der Waals surface area contributed by atoms with Gasteiger partial charge in [0.25, 0.3) is 11.6 Å². The number of nitrogens with one attached hydrogen (secondary N) is 1. The Morgan fingerprint density at radius 1 is 1.33 bits per heavy atom. The van der Waals surface area contributed by atoms with Gasteiger partial charge in [-0.25, -0.2) is 4.39 Å². The number of nitrogens with two attached hydrogens (primary N) is 1. The minimum absolute atomic E-state index is 0.0235. The molecule has 0 heterocycles. The second-order valence-electron chi connectivity index (χ2n) is 4.42. The predicted octanol–water partition coefficient (Wildman–Crippen LogP) is 2.88. The number of anilines is 2. The number of nitrogen functional groups attached to an aromatic ring is 1. The molecular weight excluding hydrogens is 277 g/mol. The van der Waals surface area contributed by atoms with Gasteiger partial charge in [-0.2, -0.15) is 0 Å². The summed E-state index contributed by atoms with van der Waals surface area (Å²) in [7, 11) is 0. The van der Waals surface area contributed by atoms with Crippen LogP contribution in [0.3, 0.4) is 0 Å². The number of carbonyl (C=O) groups is 1. The van der Waals surface area contributed by atoms with Gasteiger partial charge >= 0.3 is 0 Å². The van der Waals surface area contributed by atoms with Gasteiger partial charge in [0.15, 0.2) is 0 Å². The molecule has 108 valence electrons. The lowest BCUT2D eigenvalue weighted by molar-refractivity contribution is -0.385. The van der Waals surface area contributed by atoms with Crippen molar-refractivity contribution in [3.8, 4) is 0 Å². The molecule has 0 atom stereocenters. The molecule has 0 bridgehead atoms. The normalized spacial score (nSPS) is 10.2. The number of nitro benzene ring substituents is 1. The van der Waals surface area contributed by atoms with Crippen LogP contribution in [0.5, 0.6) is 0 Å². The second kappa shape index (κ2) is 5.58. The highest BCUT2D eigenvalue weighted by molar-refractivity contribution is 6.06. The molecule has 2 rings (SSSR count). The van der Waals surface area contributed by atoms with Crippen molar-refractivity contribution in [2.45, 2.75) is 6.92 Å². The third-order valence-corrected chi connectivity index (χ3v) is 2.90. The number of rotatable bonds is 3. The lowest BCUT2D eigenvalue weighted by Crippen LogP contribution is -2.15. The number of para-hydroxylation sites is 2. The summed E-state index contributed by atoms with van der Waals surface area (Å²) >= 11 is 0. The highest BCUT2D eigenvalue weighted by atomic mass is 19.1. The molecule has 0 unspecified atom stereocenters. The molecular formula is C14H12FN3O3. The topological polar surface area (TPSA) is 98.3 Å². The molecule has 0 aliphatic carbocycles. The van der Waals surface area contributed by atoms with Gasteiger partial charge in [0.1, 0.15) is 5.82 Å². The van der Waals surface area contributed by atoms with Gasteiger partial charge in [0, 0.05) is 12.1 Å². The Hall–Kier alpha value is -2.96. The van der Waals surface area contributed by atoms with E-state index in [2.05, 4.69) is 5.32 Å². The summed E-state index contributed by atoms with van der Waals surface area (Å²) in [6.07, 6.45) is 0. The highest BCUT2D eigenvalue weighted by Crippen LogP contribution is 2.23. The van der Waals surface area contributed by atoms with Crippen molar-refractivity contribution in [2.75, 3.05) is 11.1 Å². The van der Waals surface area contributed by atoms with E-state index >= 15 is 0 Å². The standard InChI is InChI=1S/C14H12FN3O3/c1-8-6-9(18(20)21)7-10(13(8)15)14(19)17-12-5-3-2-4-11(12)16/h2-7H,16H2,1H3,(H,17,19). The molecule has 7 heteroatoms. The van der Waals surface area contributed by atoms with Crippen LogP contribution in [0.15, 0.2) is 36.4 Å². The van der Waals surface area contributed by atoms with Gasteiger partial charge < -0.3 is 11.1 Å². The van der Waals surface area contributed by atoms with Crippen molar-refractivity contribution in [2.24, 2.45) is 0 Å². The Morgan fingerprint density at radius 2 is 2.00 bits per heavy atom. The largest absolute Gasteiger partial charge is 0.397 e. The Kier molecular flexibility index (Phi) is 3.84. The lowest BCUT2D eigenvalue weighted by atomic mass is 10.1. The fourth-order valence-electron chi connectivity index (χ4n) is 1.82. The monoisotopic (exact) mass is 289 g/mol. The zero-order valence-electron chi connectivity index (χ0n) is 11.1. The van der Waals surface area contributed by atoms with E-state index in [-0.39, 0.29) is 11.3 Å². The highest BCUT2D eigenvalue weighted by Gasteiger charge is 2.20. The number of amides is 1. The average Bonchev–Trinajstić information content (AvgIpc) is 2.43. The molecule has 0 fully saturated rings. The molecule has 3 N–H and O–H groups in total. The fourth-order valence-corrected chi connectivity index (χ4v) is 1.82. The minimum atomic E-state index is -0.799. The number of nitro groups is 1. The summed E-state index contributed by atoms with van der Waals surface area (Å²) in [5, 5.41) is 13.2. The molecule has 0 radical (unpaired) electrons. The van der Waals surface area contributed by atoms with Gasteiger partial charge in [0.05, 0.1) is 21.9 Å². The predicted molar refractivity (Wildman–Crippen MR) is 76.6 cm³/mol. The number of halogens is 1. The summed E-state index contributed by atoms with van der Waals surface area (Å²) in [6, 6.07) is 8.43. The van der Waals surface area contributed by atoms with Crippen LogP contribution < -0.4 is 11.1 Å². The fraction of sp³-hybridized carbons (Fsp3) is 0.0714. The van der Waals surface area contributed by atoms with Crippen LogP contribution in [0.2, 0.25) is 0 Å². The molecule has 0 spiro atoms. The van der Waals surface area contributed by atoms with E-state index in [9.17, 15) is 19.3 Å². The molecule has 0 aromatic heterocycles. The second-order valence-corrected chi connectivity index (χ2v) is 4.42. The van der Waals surface area contributed by atoms with Gasteiger partial charge in [0.2, 0.25) is 0 Å². The van der Waals surface area contributed by atoms with Crippen LogP contribution in [-0.4, -0.2) is 10.8 Å². The van der Waals surface area contributed by atoms with Crippen molar-refractivity contribution in [3.63, 3.8) is 0 Å².